The maximum atomic E-state index is 12.0. The topological polar surface area (TPSA) is 108 Å². The van der Waals surface area contributed by atoms with Crippen LogP contribution in [0.1, 0.15) is 27.8 Å². The molecule has 1 aromatic carbocycles. The lowest BCUT2D eigenvalue weighted by atomic mass is 10.3. The van der Waals surface area contributed by atoms with Crippen molar-refractivity contribution in [2.75, 3.05) is 5.32 Å². The van der Waals surface area contributed by atoms with Crippen molar-refractivity contribution in [1.82, 2.24) is 24.9 Å². The lowest BCUT2D eigenvalue weighted by Gasteiger charge is -2.09. The van der Waals surface area contributed by atoms with E-state index >= 15 is 0 Å². The summed E-state index contributed by atoms with van der Waals surface area (Å²) in [4.78, 5) is 20.8. The van der Waals surface area contributed by atoms with E-state index in [4.69, 9.17) is 9.26 Å². The van der Waals surface area contributed by atoms with Crippen molar-refractivity contribution in [2.24, 2.45) is 0 Å². The predicted molar refractivity (Wildman–Crippen MR) is 104 cm³/mol. The third-order valence-electron chi connectivity index (χ3n) is 4.02. The number of nitrogens with one attached hydrogen (secondary N) is 1. The second-order valence-electron chi connectivity index (χ2n) is 6.41. The average molecular weight is 390 g/mol. The van der Waals surface area contributed by atoms with Gasteiger partial charge in [-0.3, -0.25) is 4.79 Å². The zero-order chi connectivity index (χ0) is 20.4. The van der Waals surface area contributed by atoms with E-state index in [1.165, 1.54) is 12.3 Å². The second-order valence-corrected chi connectivity index (χ2v) is 6.41. The van der Waals surface area contributed by atoms with Crippen LogP contribution < -0.4 is 10.1 Å². The minimum atomic E-state index is -0.378. The van der Waals surface area contributed by atoms with E-state index in [0.29, 0.717) is 29.0 Å². The molecule has 0 saturated carbocycles. The van der Waals surface area contributed by atoms with E-state index < -0.39 is 0 Å². The summed E-state index contributed by atoms with van der Waals surface area (Å²) in [5, 5.41) is 10.7. The molecule has 0 aliphatic heterocycles. The van der Waals surface area contributed by atoms with Crippen LogP contribution in [0.25, 0.3) is 5.82 Å². The van der Waals surface area contributed by atoms with Crippen molar-refractivity contribution in [3.05, 3.63) is 71.6 Å². The minimum Gasteiger partial charge on any atom is -0.439 e. The summed E-state index contributed by atoms with van der Waals surface area (Å²) in [6.07, 6.45) is 1.41. The number of aryl methyl sites for hydroxylation is 3. The van der Waals surface area contributed by atoms with Crippen LogP contribution in [0.5, 0.6) is 11.6 Å². The molecule has 3 aromatic heterocycles. The molecular formula is C20H18N6O3. The van der Waals surface area contributed by atoms with E-state index in [9.17, 15) is 4.79 Å². The summed E-state index contributed by atoms with van der Waals surface area (Å²) in [5.41, 5.74) is 2.48. The molecule has 146 valence electrons. The molecule has 0 aliphatic rings. The van der Waals surface area contributed by atoms with E-state index in [1.54, 1.807) is 41.9 Å². The van der Waals surface area contributed by atoms with Gasteiger partial charge >= 0.3 is 0 Å². The molecule has 1 N–H and O–H groups in total. The Morgan fingerprint density at radius 1 is 1.07 bits per heavy atom. The van der Waals surface area contributed by atoms with Crippen LogP contribution in [-0.2, 0) is 0 Å². The fraction of sp³-hybridized carbons (Fsp3) is 0.150. The fourth-order valence-corrected chi connectivity index (χ4v) is 2.80. The summed E-state index contributed by atoms with van der Waals surface area (Å²) in [7, 11) is 0. The van der Waals surface area contributed by atoms with Gasteiger partial charge in [-0.15, -0.1) is 0 Å². The smallest absolute Gasteiger partial charge is 0.294 e. The number of ether oxygens (including phenoxy) is 1. The molecule has 3 heterocycles. The van der Waals surface area contributed by atoms with Crippen LogP contribution in [0, 0.1) is 20.8 Å². The van der Waals surface area contributed by atoms with E-state index in [1.807, 2.05) is 19.9 Å². The van der Waals surface area contributed by atoms with Crippen molar-refractivity contribution in [1.29, 1.82) is 0 Å². The average Bonchev–Trinajstić information content (AvgIpc) is 3.32. The Balaban J connectivity index is 1.50. The number of hydrogen-bond donors (Lipinski definition) is 1. The van der Waals surface area contributed by atoms with E-state index in [-0.39, 0.29) is 11.7 Å². The van der Waals surface area contributed by atoms with Crippen molar-refractivity contribution in [3.63, 3.8) is 0 Å². The normalized spacial score (nSPS) is 10.7. The van der Waals surface area contributed by atoms with Gasteiger partial charge in [0, 0.05) is 23.5 Å². The molecule has 0 fully saturated rings. The fourth-order valence-electron chi connectivity index (χ4n) is 2.80. The van der Waals surface area contributed by atoms with Gasteiger partial charge in [-0.2, -0.15) is 10.1 Å². The Morgan fingerprint density at radius 3 is 2.52 bits per heavy atom. The van der Waals surface area contributed by atoms with Crippen LogP contribution in [0.2, 0.25) is 0 Å². The molecule has 9 heteroatoms. The van der Waals surface area contributed by atoms with Crippen LogP contribution in [0.15, 0.2) is 53.2 Å². The Hall–Kier alpha value is -4.01. The third kappa shape index (κ3) is 4.13. The summed E-state index contributed by atoms with van der Waals surface area (Å²) in [6, 6.07) is 12.1. The molecule has 4 aromatic rings. The van der Waals surface area contributed by atoms with Crippen LogP contribution in [0.4, 0.5) is 5.69 Å². The highest BCUT2D eigenvalue weighted by Gasteiger charge is 2.11. The maximum Gasteiger partial charge on any atom is 0.294 e. The standard InChI is InChI=1S/C20H18N6O3/c1-12-10-13(2)26(25-12)18-11-19(23-14(3)22-18)28-16-6-4-15(5-7-16)24-20(27)17-8-9-21-29-17/h4-11H,1-3H3,(H,24,27). The van der Waals surface area contributed by atoms with Crippen molar-refractivity contribution < 1.29 is 14.1 Å². The van der Waals surface area contributed by atoms with Crippen molar-refractivity contribution in [2.45, 2.75) is 20.8 Å². The number of carbonyl (C=O) groups is 1. The Bertz CT molecular complexity index is 1150. The molecule has 0 saturated heterocycles. The highest BCUT2D eigenvalue weighted by atomic mass is 16.5. The third-order valence-corrected chi connectivity index (χ3v) is 4.02. The highest BCUT2D eigenvalue weighted by Crippen LogP contribution is 2.23. The lowest BCUT2D eigenvalue weighted by Crippen LogP contribution is -2.10. The van der Waals surface area contributed by atoms with Gasteiger partial charge in [-0.1, -0.05) is 5.16 Å². The Kier molecular flexibility index (Phi) is 4.78. The van der Waals surface area contributed by atoms with Gasteiger partial charge in [0.05, 0.1) is 11.9 Å². The molecule has 0 spiro atoms. The molecule has 0 atom stereocenters. The number of amides is 1. The first kappa shape index (κ1) is 18.4. The van der Waals surface area contributed by atoms with Crippen LogP contribution >= 0.6 is 0 Å². The summed E-state index contributed by atoms with van der Waals surface area (Å²) in [5.74, 6) is 1.93. The largest absolute Gasteiger partial charge is 0.439 e. The van der Waals surface area contributed by atoms with E-state index in [2.05, 4.69) is 25.5 Å². The molecule has 0 bridgehead atoms. The van der Waals surface area contributed by atoms with Gasteiger partial charge in [0.2, 0.25) is 11.6 Å². The predicted octanol–water partition coefficient (Wildman–Crippen LogP) is 3.62. The maximum absolute atomic E-state index is 12.0. The number of anilines is 1. The number of hydrogen-bond acceptors (Lipinski definition) is 7. The molecule has 0 unspecified atom stereocenters. The zero-order valence-electron chi connectivity index (χ0n) is 16.1. The van der Waals surface area contributed by atoms with Crippen molar-refractivity contribution >= 4 is 11.6 Å². The Labute approximate surface area is 166 Å². The van der Waals surface area contributed by atoms with Gasteiger partial charge in [0.15, 0.2) is 5.82 Å². The SMILES string of the molecule is Cc1cc(C)n(-c2cc(Oc3ccc(NC(=O)c4ccno4)cc3)nc(C)n2)n1. The summed E-state index contributed by atoms with van der Waals surface area (Å²) >= 11 is 0. The number of benzene rings is 1. The number of aromatic nitrogens is 5. The quantitative estimate of drug-likeness (QED) is 0.554. The highest BCUT2D eigenvalue weighted by molar-refractivity contribution is 6.02. The minimum absolute atomic E-state index is 0.137. The van der Waals surface area contributed by atoms with Gasteiger partial charge < -0.3 is 14.6 Å². The molecule has 1 amide bonds. The molecule has 0 aliphatic carbocycles. The Morgan fingerprint density at radius 2 is 1.86 bits per heavy atom. The first-order chi connectivity index (χ1) is 14.0. The van der Waals surface area contributed by atoms with E-state index in [0.717, 1.165) is 11.4 Å². The second kappa shape index (κ2) is 7.55. The van der Waals surface area contributed by atoms with Gasteiger partial charge in [-0.25, -0.2) is 9.67 Å². The molecule has 9 nitrogen and oxygen atoms in total. The molecular weight excluding hydrogens is 372 g/mol. The number of nitrogens with zero attached hydrogens (tertiary/aromatic N) is 5. The monoisotopic (exact) mass is 390 g/mol. The summed E-state index contributed by atoms with van der Waals surface area (Å²) in [6.45, 7) is 5.69. The molecule has 0 radical (unpaired) electrons. The molecule has 29 heavy (non-hydrogen) atoms. The van der Waals surface area contributed by atoms with Gasteiger partial charge in [0.25, 0.3) is 5.91 Å². The summed E-state index contributed by atoms with van der Waals surface area (Å²) < 4.78 is 12.4. The lowest BCUT2D eigenvalue weighted by molar-refractivity contribution is 0.0988. The van der Waals surface area contributed by atoms with Crippen LogP contribution in [-0.4, -0.2) is 30.8 Å². The zero-order valence-corrected chi connectivity index (χ0v) is 16.1. The van der Waals surface area contributed by atoms with Gasteiger partial charge in [-0.05, 0) is 51.1 Å². The van der Waals surface area contributed by atoms with Crippen LogP contribution in [0.3, 0.4) is 0 Å². The molecule has 4 rings (SSSR count). The number of rotatable bonds is 5. The first-order valence-electron chi connectivity index (χ1n) is 8.87. The number of carbonyl (C=O) groups excluding carboxylic acids is 1. The first-order valence-corrected chi connectivity index (χ1v) is 8.87. The van der Waals surface area contributed by atoms with Crippen molar-refractivity contribution in [3.8, 4) is 17.4 Å². The van der Waals surface area contributed by atoms with Gasteiger partial charge in [0.1, 0.15) is 11.6 Å².